The van der Waals surface area contributed by atoms with E-state index in [2.05, 4.69) is 71.3 Å². The fourth-order valence-corrected chi connectivity index (χ4v) is 16.9. The summed E-state index contributed by atoms with van der Waals surface area (Å²) in [6, 6.07) is 0. The van der Waals surface area contributed by atoms with Gasteiger partial charge in [-0.15, -0.1) is 0 Å². The molecule has 0 bridgehead atoms. The number of rotatable bonds is 12. The van der Waals surface area contributed by atoms with E-state index in [-0.39, 0.29) is 16.9 Å². The van der Waals surface area contributed by atoms with Crippen molar-refractivity contribution in [2.24, 2.45) is 57.2 Å². The van der Waals surface area contributed by atoms with E-state index in [1.54, 1.807) is 5.57 Å². The van der Waals surface area contributed by atoms with E-state index < -0.39 is 21.0 Å². The van der Waals surface area contributed by atoms with Gasteiger partial charge in [-0.25, -0.2) is 13.2 Å². The smallest absolute Gasteiger partial charge is 0.338 e. The van der Waals surface area contributed by atoms with Gasteiger partial charge in [0.25, 0.3) is 0 Å². The van der Waals surface area contributed by atoms with E-state index in [4.69, 9.17) is 9.47 Å². The fourth-order valence-electron chi connectivity index (χ4n) is 15.7. The monoisotopic (exact) mass is 825 g/mol. The van der Waals surface area contributed by atoms with Crippen LogP contribution in [0.2, 0.25) is 0 Å². The molecular weight excluding hydrogens is 741 g/mol. The highest BCUT2D eigenvalue weighted by atomic mass is 32.2. The summed E-state index contributed by atoms with van der Waals surface area (Å²) in [5, 5.41) is 4.24. The van der Waals surface area contributed by atoms with Gasteiger partial charge in [-0.1, -0.05) is 65.3 Å². The third kappa shape index (κ3) is 7.56. The summed E-state index contributed by atoms with van der Waals surface area (Å²) in [4.78, 5) is 15.9. The number of hydrogen-bond donors (Lipinski definition) is 1. The van der Waals surface area contributed by atoms with Crippen LogP contribution in [0.25, 0.3) is 0 Å². The predicted octanol–water partition coefficient (Wildman–Crippen LogP) is 10.3. The first-order chi connectivity index (χ1) is 27.1. The molecule has 6 fully saturated rings. The summed E-state index contributed by atoms with van der Waals surface area (Å²) in [7, 11) is -2.86. The molecule has 5 saturated carbocycles. The van der Waals surface area contributed by atoms with E-state index in [1.165, 1.54) is 63.4 Å². The lowest BCUT2D eigenvalue weighted by Crippen LogP contribution is -2.68. The van der Waals surface area contributed by atoms with Crippen molar-refractivity contribution in [1.82, 2.24) is 10.2 Å². The van der Waals surface area contributed by atoms with Crippen LogP contribution >= 0.6 is 0 Å². The lowest BCUT2D eigenvalue weighted by molar-refractivity contribution is -0.221. The van der Waals surface area contributed by atoms with Crippen LogP contribution < -0.4 is 5.32 Å². The molecule has 6 aliphatic carbocycles. The number of nitrogens with zero attached hydrogens (tertiary/aromatic N) is 1. The highest BCUT2D eigenvalue weighted by molar-refractivity contribution is 7.91. The van der Waals surface area contributed by atoms with Crippen molar-refractivity contribution < 1.29 is 22.7 Å². The zero-order valence-electron chi connectivity index (χ0n) is 38.7. The normalized spacial score (nSPS) is 43.6. The first-order valence-electron chi connectivity index (χ1n) is 24.0. The second kappa shape index (κ2) is 15.8. The number of carbonyl (C=O) groups excluding carboxylic acids is 1. The van der Waals surface area contributed by atoms with Crippen molar-refractivity contribution >= 4 is 15.8 Å². The van der Waals surface area contributed by atoms with Crippen LogP contribution in [0.4, 0.5) is 0 Å². The number of hydrogen-bond acceptors (Lipinski definition) is 7. The minimum absolute atomic E-state index is 0.154. The summed E-state index contributed by atoms with van der Waals surface area (Å²) < 4.78 is 36.5. The SMILES string of the molecule is C=C(C)[C@@H]1CC[C@]2(NCCN3CCS(=O)(=O)CC3)CC[C@]3(C)[C@H](CC[C@@H]4[C@@]5(C)CC=C(CC6CCC(OCC)(C(=O)OC(C)(C)CC)CC6)C(C)(C)[C@@H]5CC[C@]43C)[C@@H]12. The van der Waals surface area contributed by atoms with Crippen molar-refractivity contribution in [1.29, 1.82) is 0 Å². The predicted molar refractivity (Wildman–Crippen MR) is 237 cm³/mol. The number of ether oxygens (including phenoxy) is 2. The Kier molecular flexibility index (Phi) is 12.2. The van der Waals surface area contributed by atoms with Crippen molar-refractivity contribution in [3.8, 4) is 0 Å². The van der Waals surface area contributed by atoms with E-state index in [1.807, 2.05) is 20.8 Å². The highest BCUT2D eigenvalue weighted by Crippen LogP contribution is 2.76. The first kappa shape index (κ1) is 44.8. The minimum Gasteiger partial charge on any atom is -0.458 e. The van der Waals surface area contributed by atoms with Gasteiger partial charge in [0.05, 0.1) is 11.5 Å². The second-order valence-corrected chi connectivity index (χ2v) is 25.3. The fraction of sp³-hybridized carbons (Fsp3) is 0.900. The Morgan fingerprint density at radius 3 is 2.22 bits per heavy atom. The summed E-state index contributed by atoms with van der Waals surface area (Å²) >= 11 is 0. The Balaban J connectivity index is 1.06. The summed E-state index contributed by atoms with van der Waals surface area (Å²) in [5.41, 5.74) is 3.02. The molecule has 7 aliphatic rings. The third-order valence-electron chi connectivity index (χ3n) is 19.6. The second-order valence-electron chi connectivity index (χ2n) is 23.0. The lowest BCUT2D eigenvalue weighted by atomic mass is 9.33. The van der Waals surface area contributed by atoms with Crippen molar-refractivity contribution in [3.05, 3.63) is 23.8 Å². The van der Waals surface area contributed by atoms with E-state index in [9.17, 15) is 13.2 Å². The number of esters is 1. The van der Waals surface area contributed by atoms with Crippen LogP contribution in [0, 0.1) is 57.2 Å². The molecule has 0 amide bonds. The maximum atomic E-state index is 13.6. The zero-order chi connectivity index (χ0) is 42.2. The molecule has 330 valence electrons. The maximum Gasteiger partial charge on any atom is 0.338 e. The summed E-state index contributed by atoms with van der Waals surface area (Å²) in [6.07, 6.45) is 19.8. The van der Waals surface area contributed by atoms with E-state index in [0.29, 0.717) is 77.0 Å². The first-order valence-corrected chi connectivity index (χ1v) is 25.8. The van der Waals surface area contributed by atoms with Crippen molar-refractivity contribution in [2.75, 3.05) is 44.3 Å². The van der Waals surface area contributed by atoms with Gasteiger partial charge in [-0.3, -0.25) is 0 Å². The average molecular weight is 825 g/mol. The van der Waals surface area contributed by atoms with E-state index in [0.717, 1.165) is 57.5 Å². The van der Waals surface area contributed by atoms with Gasteiger partial charge in [-0.05, 0) is 181 Å². The molecule has 7 rings (SSSR count). The standard InChI is InChI=1S/C50H84N2O5S/c1-12-44(5,6)57-43(53)50(56-13-2)24-16-36(17-25-50)34-37-18-21-46(9)40(45(37,7)8)20-22-48(11)41(46)15-14-39-42-38(35(3)4)19-23-49(42,27-26-47(39,48)10)51-28-29-52-30-32-58(54,55)33-31-52/h18,36,38-42,51H,3,12-17,19-34H2,1-2,4-11H3/t36?,38-,39+,40-,41+,42+,46-,47+,48+,49-,50?/m0/s1. The molecule has 58 heavy (non-hydrogen) atoms. The summed E-state index contributed by atoms with van der Waals surface area (Å²) in [6.45, 7) is 32.2. The topological polar surface area (TPSA) is 84.9 Å². The number of nitrogens with one attached hydrogen (secondary N) is 1. The molecule has 0 radical (unpaired) electrons. The van der Waals surface area contributed by atoms with Gasteiger partial charge in [0.15, 0.2) is 15.4 Å². The Hall–Kier alpha value is -1.22. The van der Waals surface area contributed by atoms with Crippen LogP contribution in [-0.2, 0) is 24.1 Å². The van der Waals surface area contributed by atoms with Crippen molar-refractivity contribution in [3.63, 3.8) is 0 Å². The molecule has 0 spiro atoms. The molecule has 7 nitrogen and oxygen atoms in total. The highest BCUT2D eigenvalue weighted by Gasteiger charge is 2.70. The Morgan fingerprint density at radius 1 is 0.897 bits per heavy atom. The largest absolute Gasteiger partial charge is 0.458 e. The Labute approximate surface area is 355 Å². The van der Waals surface area contributed by atoms with Gasteiger partial charge in [-0.2, -0.15) is 0 Å². The van der Waals surface area contributed by atoms with Gasteiger partial charge >= 0.3 is 5.97 Å². The molecule has 1 aliphatic heterocycles. The third-order valence-corrected chi connectivity index (χ3v) is 21.2. The zero-order valence-corrected chi connectivity index (χ0v) is 39.5. The van der Waals surface area contributed by atoms with Crippen LogP contribution in [-0.4, -0.2) is 80.3 Å². The molecule has 0 aromatic carbocycles. The molecule has 0 aromatic rings. The molecule has 1 N–H and O–H groups in total. The van der Waals surface area contributed by atoms with Gasteiger partial charge in [0, 0.05) is 38.3 Å². The molecule has 1 saturated heterocycles. The number of carbonyl (C=O) groups is 1. The maximum absolute atomic E-state index is 13.6. The quantitative estimate of drug-likeness (QED) is 0.155. The molecule has 0 unspecified atom stereocenters. The van der Waals surface area contributed by atoms with Crippen LogP contribution in [0.15, 0.2) is 23.8 Å². The molecule has 9 atom stereocenters. The number of fused-ring (bicyclic) bond motifs is 7. The molecule has 8 heteroatoms. The molecular formula is C50H84N2O5S. The lowest BCUT2D eigenvalue weighted by Gasteiger charge is -2.72. The van der Waals surface area contributed by atoms with Gasteiger partial charge < -0.3 is 19.7 Å². The van der Waals surface area contributed by atoms with Gasteiger partial charge in [0.2, 0.25) is 0 Å². The Bertz CT molecular complexity index is 1680. The number of allylic oxidation sites excluding steroid dienone is 3. The molecule has 1 heterocycles. The average Bonchev–Trinajstić information content (AvgIpc) is 3.54. The van der Waals surface area contributed by atoms with Crippen molar-refractivity contribution in [2.45, 2.75) is 182 Å². The van der Waals surface area contributed by atoms with Crippen LogP contribution in [0.5, 0.6) is 0 Å². The van der Waals surface area contributed by atoms with Gasteiger partial charge in [0.1, 0.15) is 5.60 Å². The van der Waals surface area contributed by atoms with Crippen LogP contribution in [0.3, 0.4) is 0 Å². The van der Waals surface area contributed by atoms with Crippen LogP contribution in [0.1, 0.15) is 166 Å². The Morgan fingerprint density at radius 2 is 1.59 bits per heavy atom. The minimum atomic E-state index is -2.86. The number of sulfone groups is 1. The van der Waals surface area contributed by atoms with E-state index >= 15 is 0 Å². The summed E-state index contributed by atoms with van der Waals surface area (Å²) in [5.74, 6) is 4.34. The molecule has 0 aromatic heterocycles.